The van der Waals surface area contributed by atoms with Crippen LogP contribution in [0.1, 0.15) is 10.4 Å². The third kappa shape index (κ3) is 2.05. The molecule has 6 nitrogen and oxygen atoms in total. The van der Waals surface area contributed by atoms with Crippen molar-refractivity contribution in [1.82, 2.24) is 0 Å². The van der Waals surface area contributed by atoms with E-state index < -0.39 is 36.5 Å². The van der Waals surface area contributed by atoms with Crippen molar-refractivity contribution in [3.05, 3.63) is 35.9 Å². The Balaban J connectivity index is 2.29. The fraction of sp³-hybridized carbons (Fsp3) is 0.417. The molecule has 1 aliphatic rings. The number of benzene rings is 1. The maximum atomic E-state index is 12.1. The highest BCUT2D eigenvalue weighted by Crippen LogP contribution is 2.27. The third-order valence-electron chi connectivity index (χ3n) is 2.95. The standard InChI is InChI=1S/C12H14O6/c13-8-6-18-12(17,11(16)9(8)14)10(15)7-4-2-1-3-5-7/h1-5,8-9,11,13-14,16-17H,6H2/t8-,9-,11-,12?/m1/s1. The highest BCUT2D eigenvalue weighted by Gasteiger charge is 2.53. The summed E-state index contributed by atoms with van der Waals surface area (Å²) in [4.78, 5) is 12.1. The molecule has 1 saturated heterocycles. The van der Waals surface area contributed by atoms with Crippen molar-refractivity contribution in [3.8, 4) is 0 Å². The van der Waals surface area contributed by atoms with E-state index in [1.165, 1.54) is 12.1 Å². The van der Waals surface area contributed by atoms with Crippen LogP contribution in [-0.2, 0) is 4.74 Å². The predicted molar refractivity (Wildman–Crippen MR) is 59.7 cm³/mol. The van der Waals surface area contributed by atoms with E-state index in [9.17, 15) is 25.2 Å². The molecular weight excluding hydrogens is 240 g/mol. The van der Waals surface area contributed by atoms with E-state index in [1.54, 1.807) is 18.2 Å². The lowest BCUT2D eigenvalue weighted by Gasteiger charge is -2.40. The molecule has 18 heavy (non-hydrogen) atoms. The van der Waals surface area contributed by atoms with Gasteiger partial charge in [0.05, 0.1) is 6.61 Å². The Morgan fingerprint density at radius 2 is 1.83 bits per heavy atom. The van der Waals surface area contributed by atoms with Gasteiger partial charge < -0.3 is 25.2 Å². The van der Waals surface area contributed by atoms with Crippen LogP contribution in [0.2, 0.25) is 0 Å². The summed E-state index contributed by atoms with van der Waals surface area (Å²) in [6.45, 7) is -0.437. The highest BCUT2D eigenvalue weighted by molar-refractivity contribution is 6.01. The molecule has 1 unspecified atom stereocenters. The fourth-order valence-corrected chi connectivity index (χ4v) is 1.83. The monoisotopic (exact) mass is 254 g/mol. The Morgan fingerprint density at radius 3 is 2.44 bits per heavy atom. The SMILES string of the molecule is O=C(c1ccccc1)C1(O)OC[C@@H](O)[C@@H](O)[C@H]1O. The van der Waals surface area contributed by atoms with Crippen LogP contribution in [0.3, 0.4) is 0 Å². The van der Waals surface area contributed by atoms with Gasteiger partial charge in [0, 0.05) is 5.56 Å². The molecule has 1 aromatic rings. The molecule has 0 aromatic heterocycles. The first-order valence-corrected chi connectivity index (χ1v) is 5.47. The molecule has 1 heterocycles. The average molecular weight is 254 g/mol. The van der Waals surface area contributed by atoms with Crippen molar-refractivity contribution in [2.45, 2.75) is 24.1 Å². The van der Waals surface area contributed by atoms with Crippen LogP contribution >= 0.6 is 0 Å². The number of Topliss-reactive ketones (excluding diaryl/α,β-unsaturated/α-hetero) is 1. The molecule has 0 amide bonds. The summed E-state index contributed by atoms with van der Waals surface area (Å²) in [5.74, 6) is -3.40. The van der Waals surface area contributed by atoms with Crippen LogP contribution < -0.4 is 0 Å². The van der Waals surface area contributed by atoms with Crippen LogP contribution in [0.15, 0.2) is 30.3 Å². The van der Waals surface area contributed by atoms with Crippen molar-refractivity contribution in [2.75, 3.05) is 6.61 Å². The van der Waals surface area contributed by atoms with Crippen molar-refractivity contribution < 1.29 is 30.0 Å². The van der Waals surface area contributed by atoms with E-state index in [2.05, 4.69) is 0 Å². The quantitative estimate of drug-likeness (QED) is 0.487. The van der Waals surface area contributed by atoms with Crippen LogP contribution in [0.4, 0.5) is 0 Å². The second-order valence-electron chi connectivity index (χ2n) is 4.21. The van der Waals surface area contributed by atoms with Crippen molar-refractivity contribution >= 4 is 5.78 Å². The number of aliphatic hydroxyl groups is 4. The van der Waals surface area contributed by atoms with E-state index in [0.29, 0.717) is 0 Å². The lowest BCUT2D eigenvalue weighted by molar-refractivity contribution is -0.292. The molecule has 6 heteroatoms. The smallest absolute Gasteiger partial charge is 0.260 e. The molecule has 4 N–H and O–H groups in total. The second-order valence-corrected chi connectivity index (χ2v) is 4.21. The van der Waals surface area contributed by atoms with Gasteiger partial charge in [-0.25, -0.2) is 0 Å². The minimum atomic E-state index is -2.54. The first-order chi connectivity index (χ1) is 8.47. The van der Waals surface area contributed by atoms with Gasteiger partial charge in [-0.1, -0.05) is 30.3 Å². The molecule has 0 aliphatic carbocycles. The van der Waals surface area contributed by atoms with Gasteiger partial charge in [0.15, 0.2) is 0 Å². The summed E-state index contributed by atoms with van der Waals surface area (Å²) in [7, 11) is 0. The number of carbonyl (C=O) groups is 1. The number of hydrogen-bond donors (Lipinski definition) is 4. The van der Waals surface area contributed by atoms with E-state index in [1.807, 2.05) is 0 Å². The molecule has 4 atom stereocenters. The van der Waals surface area contributed by atoms with Crippen LogP contribution in [0, 0.1) is 0 Å². The largest absolute Gasteiger partial charge is 0.388 e. The summed E-state index contributed by atoms with van der Waals surface area (Å²) >= 11 is 0. The summed E-state index contributed by atoms with van der Waals surface area (Å²) in [5.41, 5.74) is 0.141. The summed E-state index contributed by atoms with van der Waals surface area (Å²) in [6, 6.07) is 7.79. The van der Waals surface area contributed by atoms with E-state index in [4.69, 9.17) is 4.74 Å². The zero-order valence-corrected chi connectivity index (χ0v) is 9.43. The normalized spacial score (nSPS) is 36.3. The van der Waals surface area contributed by atoms with Gasteiger partial charge in [0.25, 0.3) is 5.79 Å². The highest BCUT2D eigenvalue weighted by atomic mass is 16.7. The molecule has 1 aromatic carbocycles. The van der Waals surface area contributed by atoms with Gasteiger partial charge in [-0.15, -0.1) is 0 Å². The minimum Gasteiger partial charge on any atom is -0.388 e. The summed E-state index contributed by atoms with van der Waals surface area (Å²) < 4.78 is 4.82. The van der Waals surface area contributed by atoms with Crippen LogP contribution in [-0.4, -0.2) is 56.9 Å². The first-order valence-electron chi connectivity index (χ1n) is 5.47. The number of ketones is 1. The third-order valence-corrected chi connectivity index (χ3v) is 2.95. The van der Waals surface area contributed by atoms with Crippen LogP contribution in [0.5, 0.6) is 0 Å². The van der Waals surface area contributed by atoms with Gasteiger partial charge in [-0.2, -0.15) is 0 Å². The van der Waals surface area contributed by atoms with Crippen LogP contribution in [0.25, 0.3) is 0 Å². The Kier molecular flexibility index (Phi) is 3.47. The topological polar surface area (TPSA) is 107 Å². The molecule has 1 aliphatic heterocycles. The Morgan fingerprint density at radius 1 is 1.22 bits per heavy atom. The Bertz CT molecular complexity index is 433. The second kappa shape index (κ2) is 4.75. The van der Waals surface area contributed by atoms with E-state index in [-0.39, 0.29) is 5.56 Å². The molecule has 1 fully saturated rings. The zero-order chi connectivity index (χ0) is 13.3. The Labute approximate surface area is 103 Å². The maximum Gasteiger partial charge on any atom is 0.260 e. The van der Waals surface area contributed by atoms with Gasteiger partial charge in [0.1, 0.15) is 18.3 Å². The number of ether oxygens (including phenoxy) is 1. The van der Waals surface area contributed by atoms with Gasteiger partial charge in [0.2, 0.25) is 5.78 Å². The Hall–Kier alpha value is -1.31. The fourth-order valence-electron chi connectivity index (χ4n) is 1.83. The molecule has 98 valence electrons. The van der Waals surface area contributed by atoms with E-state index in [0.717, 1.165) is 0 Å². The average Bonchev–Trinajstić information content (AvgIpc) is 2.41. The zero-order valence-electron chi connectivity index (χ0n) is 9.43. The lowest BCUT2D eigenvalue weighted by atomic mass is 9.90. The van der Waals surface area contributed by atoms with Gasteiger partial charge >= 0.3 is 0 Å². The van der Waals surface area contributed by atoms with E-state index >= 15 is 0 Å². The molecule has 2 rings (SSSR count). The number of carbonyl (C=O) groups excluding carboxylic acids is 1. The molecule has 0 saturated carbocycles. The molecule has 0 spiro atoms. The van der Waals surface area contributed by atoms with Crippen molar-refractivity contribution in [3.63, 3.8) is 0 Å². The minimum absolute atomic E-state index is 0.141. The first kappa shape index (κ1) is 13.1. The van der Waals surface area contributed by atoms with Gasteiger partial charge in [-0.3, -0.25) is 4.79 Å². The molecule has 0 radical (unpaired) electrons. The lowest BCUT2D eigenvalue weighted by Crippen LogP contribution is -2.64. The predicted octanol–water partition coefficient (Wildman–Crippen LogP) is -1.33. The molecule has 0 bridgehead atoms. The number of hydrogen-bond acceptors (Lipinski definition) is 6. The molecular formula is C12H14O6. The summed E-state index contributed by atoms with van der Waals surface area (Å²) in [6.07, 6.45) is -4.89. The van der Waals surface area contributed by atoms with Gasteiger partial charge in [-0.05, 0) is 0 Å². The summed E-state index contributed by atoms with van der Waals surface area (Å²) in [5, 5.41) is 38.5. The van der Waals surface area contributed by atoms with Crippen molar-refractivity contribution in [2.24, 2.45) is 0 Å². The number of aliphatic hydroxyl groups excluding tert-OH is 3. The van der Waals surface area contributed by atoms with Crippen molar-refractivity contribution in [1.29, 1.82) is 0 Å². The maximum absolute atomic E-state index is 12.1. The number of rotatable bonds is 2.